The van der Waals surface area contributed by atoms with E-state index in [0.717, 1.165) is 16.8 Å². The minimum Gasteiger partial charge on any atom is -0.321 e. The summed E-state index contributed by atoms with van der Waals surface area (Å²) in [5.74, 6) is -1.25. The van der Waals surface area contributed by atoms with Crippen molar-refractivity contribution in [2.45, 2.75) is 0 Å². The normalized spacial score (nSPS) is 11.4. The van der Waals surface area contributed by atoms with Gasteiger partial charge in [-0.3, -0.25) is 4.79 Å². The van der Waals surface area contributed by atoms with E-state index >= 15 is 0 Å². The standard InChI is InChI=1S/C17H9F2NOS/c18-10-6-9(7-11(19)8-10)12-2-1-3-14-15(12)13-4-5-22-16(13)17(21)20-14/h1-8H,(H,20,21). The van der Waals surface area contributed by atoms with Gasteiger partial charge in [0.15, 0.2) is 0 Å². The molecule has 4 aromatic rings. The molecule has 2 aromatic heterocycles. The molecule has 108 valence electrons. The fourth-order valence-electron chi connectivity index (χ4n) is 2.76. The van der Waals surface area contributed by atoms with Gasteiger partial charge in [0.05, 0.1) is 0 Å². The van der Waals surface area contributed by atoms with E-state index in [1.54, 1.807) is 18.2 Å². The van der Waals surface area contributed by atoms with Crippen molar-refractivity contribution in [2.75, 3.05) is 0 Å². The third kappa shape index (κ3) is 1.94. The molecule has 0 bridgehead atoms. The molecule has 0 unspecified atom stereocenters. The average molecular weight is 313 g/mol. The first-order valence-corrected chi connectivity index (χ1v) is 7.50. The van der Waals surface area contributed by atoms with Crippen molar-refractivity contribution in [1.82, 2.24) is 4.98 Å². The third-order valence-corrected chi connectivity index (χ3v) is 4.54. The minimum absolute atomic E-state index is 0.153. The number of thiophene rings is 1. The average Bonchev–Trinajstić information content (AvgIpc) is 2.95. The van der Waals surface area contributed by atoms with Crippen LogP contribution in [0.4, 0.5) is 8.78 Å². The van der Waals surface area contributed by atoms with Crippen LogP contribution in [0.5, 0.6) is 0 Å². The molecule has 2 aromatic carbocycles. The summed E-state index contributed by atoms with van der Waals surface area (Å²) in [6.45, 7) is 0. The number of halogens is 2. The van der Waals surface area contributed by atoms with Crippen LogP contribution in [-0.2, 0) is 0 Å². The van der Waals surface area contributed by atoms with Crippen molar-refractivity contribution in [3.05, 3.63) is 69.8 Å². The summed E-state index contributed by atoms with van der Waals surface area (Å²) in [5.41, 5.74) is 1.64. The highest BCUT2D eigenvalue weighted by atomic mass is 32.1. The third-order valence-electron chi connectivity index (χ3n) is 3.63. The monoisotopic (exact) mass is 313 g/mol. The van der Waals surface area contributed by atoms with Crippen molar-refractivity contribution in [1.29, 1.82) is 0 Å². The molecule has 22 heavy (non-hydrogen) atoms. The molecule has 1 N–H and O–H groups in total. The number of rotatable bonds is 1. The highest BCUT2D eigenvalue weighted by Gasteiger charge is 2.12. The number of H-pyrrole nitrogens is 1. The Bertz CT molecular complexity index is 1060. The van der Waals surface area contributed by atoms with Gasteiger partial charge in [-0.25, -0.2) is 8.78 Å². The summed E-state index contributed by atoms with van der Waals surface area (Å²) < 4.78 is 27.7. The minimum atomic E-state index is -0.627. The van der Waals surface area contributed by atoms with E-state index in [1.807, 2.05) is 11.4 Å². The van der Waals surface area contributed by atoms with E-state index < -0.39 is 11.6 Å². The molecule has 0 aliphatic rings. The Morgan fingerprint density at radius 1 is 1.00 bits per heavy atom. The summed E-state index contributed by atoms with van der Waals surface area (Å²) >= 11 is 1.35. The number of aromatic nitrogens is 1. The van der Waals surface area contributed by atoms with Gasteiger partial charge >= 0.3 is 0 Å². The first-order chi connectivity index (χ1) is 10.6. The number of aromatic amines is 1. The van der Waals surface area contributed by atoms with E-state index in [4.69, 9.17) is 0 Å². The van der Waals surface area contributed by atoms with E-state index in [9.17, 15) is 13.6 Å². The van der Waals surface area contributed by atoms with E-state index in [1.165, 1.54) is 23.5 Å². The molecule has 0 saturated heterocycles. The lowest BCUT2D eigenvalue weighted by Crippen LogP contribution is -2.04. The lowest BCUT2D eigenvalue weighted by Gasteiger charge is -2.08. The summed E-state index contributed by atoms with van der Waals surface area (Å²) in [6.07, 6.45) is 0. The Morgan fingerprint density at radius 3 is 2.55 bits per heavy atom. The molecule has 0 amide bonds. The molecule has 0 spiro atoms. The Morgan fingerprint density at radius 2 is 1.77 bits per heavy atom. The van der Waals surface area contributed by atoms with Crippen LogP contribution in [-0.4, -0.2) is 4.98 Å². The van der Waals surface area contributed by atoms with Gasteiger partial charge in [-0.05, 0) is 40.8 Å². The van der Waals surface area contributed by atoms with Crippen molar-refractivity contribution < 1.29 is 8.78 Å². The summed E-state index contributed by atoms with van der Waals surface area (Å²) in [4.78, 5) is 14.9. The second-order valence-electron chi connectivity index (χ2n) is 5.00. The van der Waals surface area contributed by atoms with Crippen molar-refractivity contribution in [2.24, 2.45) is 0 Å². The smallest absolute Gasteiger partial charge is 0.266 e. The number of pyridine rings is 1. The highest BCUT2D eigenvalue weighted by molar-refractivity contribution is 7.17. The topological polar surface area (TPSA) is 32.9 Å². The van der Waals surface area contributed by atoms with Gasteiger partial charge in [0.25, 0.3) is 5.56 Å². The van der Waals surface area contributed by atoms with Gasteiger partial charge in [0, 0.05) is 22.4 Å². The fraction of sp³-hybridized carbons (Fsp3) is 0. The first-order valence-electron chi connectivity index (χ1n) is 6.62. The van der Waals surface area contributed by atoms with Crippen LogP contribution in [0.15, 0.2) is 52.6 Å². The van der Waals surface area contributed by atoms with Crippen molar-refractivity contribution in [3.63, 3.8) is 0 Å². The molecule has 0 aliphatic carbocycles. The quantitative estimate of drug-likeness (QED) is 0.543. The second-order valence-corrected chi connectivity index (χ2v) is 5.92. The van der Waals surface area contributed by atoms with Crippen molar-refractivity contribution in [3.8, 4) is 11.1 Å². The zero-order valence-corrected chi connectivity index (χ0v) is 12.0. The predicted molar refractivity (Wildman–Crippen MR) is 85.3 cm³/mol. The van der Waals surface area contributed by atoms with Crippen LogP contribution in [0.1, 0.15) is 0 Å². The molecule has 4 rings (SSSR count). The Balaban J connectivity index is 2.18. The lowest BCUT2D eigenvalue weighted by atomic mass is 9.98. The lowest BCUT2D eigenvalue weighted by molar-refractivity contribution is 0.584. The zero-order chi connectivity index (χ0) is 15.3. The van der Waals surface area contributed by atoms with Gasteiger partial charge in [-0.1, -0.05) is 12.1 Å². The van der Waals surface area contributed by atoms with Gasteiger partial charge < -0.3 is 4.98 Å². The van der Waals surface area contributed by atoms with E-state index in [0.29, 0.717) is 21.3 Å². The number of fused-ring (bicyclic) bond motifs is 3. The summed E-state index contributed by atoms with van der Waals surface area (Å²) in [6, 6.07) is 10.6. The molecular weight excluding hydrogens is 304 g/mol. The molecule has 0 aliphatic heterocycles. The molecular formula is C17H9F2NOS. The highest BCUT2D eigenvalue weighted by Crippen LogP contribution is 2.34. The largest absolute Gasteiger partial charge is 0.321 e. The molecule has 0 atom stereocenters. The van der Waals surface area contributed by atoms with Gasteiger partial charge in [-0.2, -0.15) is 0 Å². The Kier molecular flexibility index (Phi) is 2.84. The first kappa shape index (κ1) is 13.2. The molecule has 2 nitrogen and oxygen atoms in total. The van der Waals surface area contributed by atoms with Crippen LogP contribution in [0.2, 0.25) is 0 Å². The molecule has 0 saturated carbocycles. The Labute approximate surface area is 127 Å². The van der Waals surface area contributed by atoms with Crippen LogP contribution in [0, 0.1) is 11.6 Å². The molecule has 2 heterocycles. The van der Waals surface area contributed by atoms with Crippen LogP contribution in [0.25, 0.3) is 32.1 Å². The maximum atomic E-state index is 13.5. The molecule has 0 radical (unpaired) electrons. The van der Waals surface area contributed by atoms with Gasteiger partial charge in [0.1, 0.15) is 16.3 Å². The number of hydrogen-bond donors (Lipinski definition) is 1. The van der Waals surface area contributed by atoms with Crippen LogP contribution >= 0.6 is 11.3 Å². The van der Waals surface area contributed by atoms with Gasteiger partial charge in [0.2, 0.25) is 0 Å². The summed E-state index contributed by atoms with van der Waals surface area (Å²) in [5, 5.41) is 3.43. The zero-order valence-electron chi connectivity index (χ0n) is 11.2. The maximum Gasteiger partial charge on any atom is 0.266 e. The number of hydrogen-bond acceptors (Lipinski definition) is 2. The van der Waals surface area contributed by atoms with Crippen LogP contribution < -0.4 is 5.56 Å². The van der Waals surface area contributed by atoms with E-state index in [2.05, 4.69) is 4.98 Å². The molecule has 5 heteroatoms. The Hall–Kier alpha value is -2.53. The molecule has 0 fully saturated rings. The predicted octanol–water partition coefficient (Wildman–Crippen LogP) is 4.69. The fourth-order valence-corrected chi connectivity index (χ4v) is 3.55. The second kappa shape index (κ2) is 4.74. The number of benzene rings is 2. The van der Waals surface area contributed by atoms with Crippen LogP contribution in [0.3, 0.4) is 0 Å². The van der Waals surface area contributed by atoms with E-state index in [-0.39, 0.29) is 5.56 Å². The SMILES string of the molecule is O=c1[nH]c2cccc(-c3cc(F)cc(F)c3)c2c2ccsc12. The maximum absolute atomic E-state index is 13.5. The van der Waals surface area contributed by atoms with Crippen molar-refractivity contribution >= 4 is 32.3 Å². The summed E-state index contributed by atoms with van der Waals surface area (Å²) in [7, 11) is 0. The number of nitrogens with one attached hydrogen (secondary N) is 1. The van der Waals surface area contributed by atoms with Gasteiger partial charge in [-0.15, -0.1) is 11.3 Å².